The summed E-state index contributed by atoms with van der Waals surface area (Å²) in [4.78, 5) is 15.8. The Bertz CT molecular complexity index is 610. The zero-order valence-corrected chi connectivity index (χ0v) is 13.4. The van der Waals surface area contributed by atoms with Gasteiger partial charge in [-0.1, -0.05) is 18.2 Å². The summed E-state index contributed by atoms with van der Waals surface area (Å²) in [6.45, 7) is 2.40. The molecule has 1 N–H and O–H groups in total. The van der Waals surface area contributed by atoms with Gasteiger partial charge >= 0.3 is 0 Å². The molecule has 4 nitrogen and oxygen atoms in total. The largest absolute Gasteiger partial charge is 0.497 e. The van der Waals surface area contributed by atoms with E-state index in [2.05, 4.69) is 5.32 Å². The van der Waals surface area contributed by atoms with Crippen LogP contribution in [-0.2, 0) is 11.2 Å². The number of nitrogens with zero attached hydrogens (tertiary/aromatic N) is 1. The molecule has 1 aromatic heterocycles. The van der Waals surface area contributed by atoms with Gasteiger partial charge in [0.05, 0.1) is 19.6 Å². The van der Waals surface area contributed by atoms with Gasteiger partial charge in [0.25, 0.3) is 0 Å². The van der Waals surface area contributed by atoms with Gasteiger partial charge in [-0.25, -0.2) is 0 Å². The highest BCUT2D eigenvalue weighted by Crippen LogP contribution is 2.25. The van der Waals surface area contributed by atoms with Crippen LogP contribution >= 0.6 is 11.3 Å². The minimum absolute atomic E-state index is 0.0899. The Morgan fingerprint density at radius 1 is 1.36 bits per heavy atom. The zero-order valence-electron chi connectivity index (χ0n) is 12.6. The molecule has 2 aromatic rings. The van der Waals surface area contributed by atoms with Crippen molar-refractivity contribution in [1.82, 2.24) is 10.2 Å². The first kappa shape index (κ1) is 15.1. The van der Waals surface area contributed by atoms with Crippen molar-refractivity contribution in [3.05, 3.63) is 52.2 Å². The Balaban J connectivity index is 1.76. The van der Waals surface area contributed by atoms with Gasteiger partial charge < -0.3 is 15.0 Å². The molecule has 0 spiro atoms. The van der Waals surface area contributed by atoms with Crippen molar-refractivity contribution >= 4 is 17.2 Å². The number of thiophene rings is 1. The molecule has 0 bridgehead atoms. The van der Waals surface area contributed by atoms with Crippen molar-refractivity contribution in [2.75, 3.05) is 26.7 Å². The summed E-state index contributed by atoms with van der Waals surface area (Å²) in [6.07, 6.45) is 0.490. The Morgan fingerprint density at radius 3 is 2.86 bits per heavy atom. The van der Waals surface area contributed by atoms with E-state index in [0.29, 0.717) is 6.42 Å². The molecule has 1 atom stereocenters. The van der Waals surface area contributed by atoms with Crippen LogP contribution < -0.4 is 10.1 Å². The van der Waals surface area contributed by atoms with Crippen LogP contribution in [0.25, 0.3) is 0 Å². The standard InChI is InChI=1S/C17H20N2O2S/c1-21-14-6-4-13(5-7-14)16-12-18-8-9-19(16)17(20)11-15-3-2-10-22-15/h2-7,10,16,18H,8-9,11-12H2,1H3. The second kappa shape index (κ2) is 6.94. The molecule has 1 amide bonds. The van der Waals surface area contributed by atoms with E-state index in [0.717, 1.165) is 35.8 Å². The first-order valence-electron chi connectivity index (χ1n) is 7.44. The number of amides is 1. The lowest BCUT2D eigenvalue weighted by atomic mass is 10.0. The van der Waals surface area contributed by atoms with Gasteiger partial charge in [-0.2, -0.15) is 0 Å². The molecule has 1 aliphatic rings. The maximum absolute atomic E-state index is 12.7. The number of hydrogen-bond acceptors (Lipinski definition) is 4. The van der Waals surface area contributed by atoms with Crippen LogP contribution in [0.2, 0.25) is 0 Å². The Labute approximate surface area is 134 Å². The molecule has 0 aliphatic carbocycles. The third kappa shape index (κ3) is 3.31. The minimum atomic E-state index is 0.0899. The average molecular weight is 316 g/mol. The second-order valence-electron chi connectivity index (χ2n) is 5.34. The number of carbonyl (C=O) groups excluding carboxylic acids is 1. The lowest BCUT2D eigenvalue weighted by Gasteiger charge is -2.36. The van der Waals surface area contributed by atoms with Gasteiger partial charge in [0.2, 0.25) is 5.91 Å². The van der Waals surface area contributed by atoms with Crippen LogP contribution in [-0.4, -0.2) is 37.6 Å². The lowest BCUT2D eigenvalue weighted by Crippen LogP contribution is -2.49. The fourth-order valence-corrected chi connectivity index (χ4v) is 3.49. The Hall–Kier alpha value is -1.85. The van der Waals surface area contributed by atoms with Gasteiger partial charge in [0.1, 0.15) is 5.75 Å². The van der Waals surface area contributed by atoms with Crippen LogP contribution in [0.15, 0.2) is 41.8 Å². The monoisotopic (exact) mass is 316 g/mol. The summed E-state index contributed by atoms with van der Waals surface area (Å²) < 4.78 is 5.21. The first-order valence-corrected chi connectivity index (χ1v) is 8.32. The highest BCUT2D eigenvalue weighted by molar-refractivity contribution is 7.10. The van der Waals surface area contributed by atoms with E-state index in [4.69, 9.17) is 4.74 Å². The first-order chi connectivity index (χ1) is 10.8. The molecule has 5 heteroatoms. The molecule has 2 heterocycles. The van der Waals surface area contributed by atoms with E-state index in [1.165, 1.54) is 0 Å². The highest BCUT2D eigenvalue weighted by Gasteiger charge is 2.27. The van der Waals surface area contributed by atoms with Gasteiger partial charge in [-0.05, 0) is 29.1 Å². The lowest BCUT2D eigenvalue weighted by molar-refractivity contribution is -0.133. The number of benzene rings is 1. The molecule has 1 fully saturated rings. The summed E-state index contributed by atoms with van der Waals surface area (Å²) in [5.41, 5.74) is 1.15. The number of ether oxygens (including phenoxy) is 1. The van der Waals surface area contributed by atoms with Crippen LogP contribution in [0.5, 0.6) is 5.75 Å². The van der Waals surface area contributed by atoms with Crippen molar-refractivity contribution in [2.45, 2.75) is 12.5 Å². The molecular formula is C17H20N2O2S. The molecule has 1 saturated heterocycles. The molecule has 1 unspecified atom stereocenters. The minimum Gasteiger partial charge on any atom is -0.497 e. The molecule has 3 rings (SSSR count). The van der Waals surface area contributed by atoms with Gasteiger partial charge in [0, 0.05) is 24.5 Å². The van der Waals surface area contributed by atoms with Crippen LogP contribution in [0.4, 0.5) is 0 Å². The van der Waals surface area contributed by atoms with Crippen LogP contribution in [0, 0.1) is 0 Å². The summed E-state index contributed by atoms with van der Waals surface area (Å²) in [6, 6.07) is 12.1. The maximum atomic E-state index is 12.7. The number of rotatable bonds is 4. The quantitative estimate of drug-likeness (QED) is 0.942. The van der Waals surface area contributed by atoms with Crippen molar-refractivity contribution in [1.29, 1.82) is 0 Å². The van der Waals surface area contributed by atoms with E-state index >= 15 is 0 Å². The number of hydrogen-bond donors (Lipinski definition) is 1. The van der Waals surface area contributed by atoms with E-state index in [9.17, 15) is 4.79 Å². The summed E-state index contributed by atoms with van der Waals surface area (Å²) >= 11 is 1.64. The topological polar surface area (TPSA) is 41.6 Å². The third-order valence-corrected chi connectivity index (χ3v) is 4.85. The second-order valence-corrected chi connectivity index (χ2v) is 6.37. The van der Waals surface area contributed by atoms with Crippen molar-refractivity contribution in [3.8, 4) is 5.75 Å². The summed E-state index contributed by atoms with van der Waals surface area (Å²) in [7, 11) is 1.66. The summed E-state index contributed by atoms with van der Waals surface area (Å²) in [5, 5.41) is 5.40. The third-order valence-electron chi connectivity index (χ3n) is 3.97. The average Bonchev–Trinajstić information content (AvgIpc) is 3.08. The fourth-order valence-electron chi connectivity index (χ4n) is 2.79. The van der Waals surface area contributed by atoms with Gasteiger partial charge in [-0.3, -0.25) is 4.79 Å². The molecule has 22 heavy (non-hydrogen) atoms. The van der Waals surface area contributed by atoms with E-state index in [1.54, 1.807) is 18.4 Å². The zero-order chi connectivity index (χ0) is 15.4. The molecule has 1 aromatic carbocycles. The number of methoxy groups -OCH3 is 1. The Kier molecular flexibility index (Phi) is 4.75. The molecule has 0 saturated carbocycles. The number of piperazine rings is 1. The van der Waals surface area contributed by atoms with Crippen LogP contribution in [0.3, 0.4) is 0 Å². The van der Waals surface area contributed by atoms with Crippen molar-refractivity contribution in [3.63, 3.8) is 0 Å². The molecule has 116 valence electrons. The van der Waals surface area contributed by atoms with E-state index in [-0.39, 0.29) is 11.9 Å². The smallest absolute Gasteiger partial charge is 0.228 e. The number of nitrogens with one attached hydrogen (secondary N) is 1. The van der Waals surface area contributed by atoms with Crippen molar-refractivity contribution in [2.24, 2.45) is 0 Å². The van der Waals surface area contributed by atoms with Crippen LogP contribution in [0.1, 0.15) is 16.5 Å². The fraction of sp³-hybridized carbons (Fsp3) is 0.353. The predicted octanol–water partition coefficient (Wildman–Crippen LogP) is 2.47. The Morgan fingerprint density at radius 2 is 2.18 bits per heavy atom. The highest BCUT2D eigenvalue weighted by atomic mass is 32.1. The van der Waals surface area contributed by atoms with Gasteiger partial charge in [0.15, 0.2) is 0 Å². The molecule has 1 aliphatic heterocycles. The maximum Gasteiger partial charge on any atom is 0.228 e. The normalized spacial score (nSPS) is 18.2. The van der Waals surface area contributed by atoms with E-state index in [1.807, 2.05) is 46.7 Å². The van der Waals surface area contributed by atoms with Crippen molar-refractivity contribution < 1.29 is 9.53 Å². The number of carbonyl (C=O) groups is 1. The summed E-state index contributed by atoms with van der Waals surface area (Å²) in [5.74, 6) is 1.04. The molecule has 0 radical (unpaired) electrons. The van der Waals surface area contributed by atoms with E-state index < -0.39 is 0 Å². The van der Waals surface area contributed by atoms with Gasteiger partial charge in [-0.15, -0.1) is 11.3 Å². The molecular weight excluding hydrogens is 296 g/mol. The predicted molar refractivity (Wildman–Crippen MR) is 88.3 cm³/mol. The SMILES string of the molecule is COc1ccc(C2CNCCN2C(=O)Cc2cccs2)cc1.